The molecule has 2 unspecified atom stereocenters. The first-order chi connectivity index (χ1) is 9.51. The highest BCUT2D eigenvalue weighted by Crippen LogP contribution is 2.30. The maximum Gasteiger partial charge on any atom is 0.340 e. The summed E-state index contributed by atoms with van der Waals surface area (Å²) in [5.41, 5.74) is 6.26. The van der Waals surface area contributed by atoms with Gasteiger partial charge in [-0.05, 0) is 31.4 Å². The molecule has 20 heavy (non-hydrogen) atoms. The van der Waals surface area contributed by atoms with Crippen molar-refractivity contribution >= 4 is 34.9 Å². The predicted molar refractivity (Wildman–Crippen MR) is 79.3 cm³/mol. The van der Waals surface area contributed by atoms with Gasteiger partial charge in [-0.1, -0.05) is 23.2 Å². The number of hydrogen-bond donors (Lipinski definition) is 1. The minimum absolute atomic E-state index is 0.140. The molecule has 6 heteroatoms. The second-order valence-electron chi connectivity index (χ2n) is 4.92. The molecule has 2 atom stereocenters. The van der Waals surface area contributed by atoms with Crippen LogP contribution in [0.15, 0.2) is 12.1 Å². The highest BCUT2D eigenvalue weighted by molar-refractivity contribution is 6.44. The van der Waals surface area contributed by atoms with Crippen molar-refractivity contribution in [2.45, 2.75) is 37.9 Å². The van der Waals surface area contributed by atoms with Gasteiger partial charge in [0.05, 0.1) is 21.7 Å². The maximum atomic E-state index is 12.2. The topological polar surface area (TPSA) is 61.5 Å². The number of benzene rings is 1. The van der Waals surface area contributed by atoms with Gasteiger partial charge in [0, 0.05) is 19.2 Å². The van der Waals surface area contributed by atoms with E-state index in [1.807, 2.05) is 0 Å². The fourth-order valence-electron chi connectivity index (χ4n) is 2.40. The number of nitrogens with two attached hydrogens (primary N) is 1. The van der Waals surface area contributed by atoms with Gasteiger partial charge in [0.2, 0.25) is 0 Å². The van der Waals surface area contributed by atoms with E-state index in [4.69, 9.17) is 38.4 Å². The normalized spacial score (nSPS) is 22.6. The lowest BCUT2D eigenvalue weighted by Gasteiger charge is -2.28. The number of nitrogen functional groups attached to an aromatic ring is 1. The number of methoxy groups -OCH3 is 1. The van der Waals surface area contributed by atoms with E-state index >= 15 is 0 Å². The summed E-state index contributed by atoms with van der Waals surface area (Å²) in [5, 5.41) is 0.419. The van der Waals surface area contributed by atoms with Crippen molar-refractivity contribution in [1.82, 2.24) is 0 Å². The Balaban J connectivity index is 2.08. The minimum Gasteiger partial charge on any atom is -0.459 e. The quantitative estimate of drug-likeness (QED) is 0.682. The van der Waals surface area contributed by atoms with Crippen LogP contribution in [0.3, 0.4) is 0 Å². The second-order valence-corrected chi connectivity index (χ2v) is 5.70. The summed E-state index contributed by atoms with van der Waals surface area (Å²) < 4.78 is 10.8. The lowest BCUT2D eigenvalue weighted by molar-refractivity contribution is -0.0149. The Morgan fingerprint density at radius 2 is 2.00 bits per heavy atom. The van der Waals surface area contributed by atoms with Gasteiger partial charge in [-0.25, -0.2) is 4.79 Å². The summed E-state index contributed by atoms with van der Waals surface area (Å²) in [6.07, 6.45) is 3.49. The lowest BCUT2D eigenvalue weighted by atomic mass is 9.95. The summed E-state index contributed by atoms with van der Waals surface area (Å²) in [4.78, 5) is 12.2. The smallest absolute Gasteiger partial charge is 0.340 e. The van der Waals surface area contributed by atoms with Crippen LogP contribution in [-0.4, -0.2) is 25.3 Å². The zero-order chi connectivity index (χ0) is 14.7. The molecule has 2 rings (SSSR count). The average Bonchev–Trinajstić information content (AvgIpc) is 2.43. The summed E-state index contributed by atoms with van der Waals surface area (Å²) in [7, 11) is 1.67. The zero-order valence-electron chi connectivity index (χ0n) is 11.2. The van der Waals surface area contributed by atoms with Crippen LogP contribution in [0.1, 0.15) is 36.0 Å². The van der Waals surface area contributed by atoms with Crippen molar-refractivity contribution in [1.29, 1.82) is 0 Å². The number of rotatable bonds is 3. The molecule has 0 bridgehead atoms. The Bertz CT molecular complexity index is 507. The Labute approximate surface area is 128 Å². The van der Waals surface area contributed by atoms with Crippen LogP contribution in [0, 0.1) is 0 Å². The molecule has 0 radical (unpaired) electrons. The number of halogens is 2. The molecule has 0 aliphatic heterocycles. The first-order valence-electron chi connectivity index (χ1n) is 6.49. The van der Waals surface area contributed by atoms with Crippen LogP contribution >= 0.6 is 23.2 Å². The molecule has 2 N–H and O–H groups in total. The van der Waals surface area contributed by atoms with Gasteiger partial charge in [-0.2, -0.15) is 0 Å². The molecule has 0 saturated heterocycles. The van der Waals surface area contributed by atoms with E-state index in [1.54, 1.807) is 7.11 Å². The van der Waals surface area contributed by atoms with Crippen molar-refractivity contribution in [3.05, 3.63) is 27.7 Å². The van der Waals surface area contributed by atoms with Crippen LogP contribution in [0.4, 0.5) is 5.69 Å². The molecule has 1 saturated carbocycles. The second kappa shape index (κ2) is 6.66. The van der Waals surface area contributed by atoms with E-state index in [0.29, 0.717) is 12.1 Å². The third-order valence-electron chi connectivity index (χ3n) is 3.46. The monoisotopic (exact) mass is 317 g/mol. The number of ether oxygens (including phenoxy) is 2. The van der Waals surface area contributed by atoms with Crippen LogP contribution in [0.5, 0.6) is 0 Å². The Morgan fingerprint density at radius 1 is 1.30 bits per heavy atom. The molecule has 0 spiro atoms. The maximum absolute atomic E-state index is 12.2. The van der Waals surface area contributed by atoms with Gasteiger partial charge in [0.25, 0.3) is 0 Å². The van der Waals surface area contributed by atoms with Gasteiger partial charge in [0.15, 0.2) is 0 Å². The van der Waals surface area contributed by atoms with E-state index < -0.39 is 5.97 Å². The summed E-state index contributed by atoms with van der Waals surface area (Å²) >= 11 is 11.9. The Morgan fingerprint density at radius 3 is 2.70 bits per heavy atom. The van der Waals surface area contributed by atoms with Crippen molar-refractivity contribution in [2.75, 3.05) is 12.8 Å². The van der Waals surface area contributed by atoms with Crippen molar-refractivity contribution in [3.63, 3.8) is 0 Å². The van der Waals surface area contributed by atoms with Gasteiger partial charge in [-0.3, -0.25) is 0 Å². The molecule has 4 nitrogen and oxygen atoms in total. The van der Waals surface area contributed by atoms with Crippen LogP contribution in [-0.2, 0) is 9.47 Å². The molecule has 110 valence electrons. The molecule has 0 amide bonds. The van der Waals surface area contributed by atoms with E-state index in [0.717, 1.165) is 19.3 Å². The number of hydrogen-bond acceptors (Lipinski definition) is 4. The SMILES string of the molecule is COC1CCCC(OC(=O)c2cc(N)cc(Cl)c2Cl)C1. The fraction of sp³-hybridized carbons (Fsp3) is 0.500. The fourth-order valence-corrected chi connectivity index (χ4v) is 2.81. The molecule has 1 aromatic carbocycles. The van der Waals surface area contributed by atoms with E-state index in [1.165, 1.54) is 12.1 Å². The Kier molecular flexibility index (Phi) is 5.13. The average molecular weight is 318 g/mol. The molecular formula is C14H17Cl2NO3. The summed E-state index contributed by atoms with van der Waals surface area (Å²) in [5.74, 6) is -0.494. The highest BCUT2D eigenvalue weighted by atomic mass is 35.5. The van der Waals surface area contributed by atoms with Crippen LogP contribution < -0.4 is 5.73 Å². The van der Waals surface area contributed by atoms with E-state index in [-0.39, 0.29) is 27.8 Å². The van der Waals surface area contributed by atoms with Gasteiger partial charge >= 0.3 is 5.97 Å². The van der Waals surface area contributed by atoms with E-state index in [2.05, 4.69) is 0 Å². The standard InChI is InChI=1S/C14H17Cl2NO3/c1-19-9-3-2-4-10(7-9)20-14(18)11-5-8(17)6-12(15)13(11)16/h5-6,9-10H,2-4,7,17H2,1H3. The molecule has 0 heterocycles. The molecular weight excluding hydrogens is 301 g/mol. The number of carbonyl (C=O) groups is 1. The Hall–Kier alpha value is -0.970. The van der Waals surface area contributed by atoms with Gasteiger partial charge in [0.1, 0.15) is 6.10 Å². The molecule has 0 aromatic heterocycles. The third kappa shape index (κ3) is 3.57. The molecule has 1 aliphatic rings. The first-order valence-corrected chi connectivity index (χ1v) is 7.25. The zero-order valence-corrected chi connectivity index (χ0v) is 12.7. The third-order valence-corrected chi connectivity index (χ3v) is 4.26. The summed E-state index contributed by atoms with van der Waals surface area (Å²) in [6, 6.07) is 2.98. The van der Waals surface area contributed by atoms with Crippen molar-refractivity contribution < 1.29 is 14.3 Å². The van der Waals surface area contributed by atoms with Crippen molar-refractivity contribution in [2.24, 2.45) is 0 Å². The van der Waals surface area contributed by atoms with Crippen LogP contribution in [0.25, 0.3) is 0 Å². The van der Waals surface area contributed by atoms with E-state index in [9.17, 15) is 4.79 Å². The summed E-state index contributed by atoms with van der Waals surface area (Å²) in [6.45, 7) is 0. The molecule has 1 aliphatic carbocycles. The van der Waals surface area contributed by atoms with Gasteiger partial charge in [-0.15, -0.1) is 0 Å². The number of anilines is 1. The number of carbonyl (C=O) groups excluding carboxylic acids is 1. The van der Waals surface area contributed by atoms with Crippen molar-refractivity contribution in [3.8, 4) is 0 Å². The highest BCUT2D eigenvalue weighted by Gasteiger charge is 2.26. The largest absolute Gasteiger partial charge is 0.459 e. The van der Waals surface area contributed by atoms with Gasteiger partial charge < -0.3 is 15.2 Å². The minimum atomic E-state index is -0.494. The lowest BCUT2D eigenvalue weighted by Crippen LogP contribution is -2.29. The first kappa shape index (κ1) is 15.4. The predicted octanol–water partition coefficient (Wildman–Crippen LogP) is 3.69. The molecule has 1 aromatic rings. The van der Waals surface area contributed by atoms with Crippen LogP contribution in [0.2, 0.25) is 10.0 Å². The molecule has 1 fully saturated rings. The number of esters is 1.